The summed E-state index contributed by atoms with van der Waals surface area (Å²) in [6.07, 6.45) is 0.932. The summed E-state index contributed by atoms with van der Waals surface area (Å²) in [4.78, 5) is 2.66. The zero-order valence-corrected chi connectivity index (χ0v) is 13.5. The second-order valence-corrected chi connectivity index (χ2v) is 7.66. The van der Waals surface area contributed by atoms with Crippen LogP contribution in [0.4, 0.5) is 5.69 Å². The van der Waals surface area contributed by atoms with Crippen LogP contribution in [0.25, 0.3) is 0 Å². The van der Waals surface area contributed by atoms with Crippen molar-refractivity contribution < 1.29 is 8.42 Å². The molecule has 20 heavy (non-hydrogen) atoms. The van der Waals surface area contributed by atoms with Gasteiger partial charge in [0.1, 0.15) is 0 Å². The van der Waals surface area contributed by atoms with E-state index in [-0.39, 0.29) is 5.75 Å². The van der Waals surface area contributed by atoms with Crippen molar-refractivity contribution >= 4 is 15.5 Å². The lowest BCUT2D eigenvalue weighted by Gasteiger charge is -2.26. The smallest absolute Gasteiger partial charge is 0.178 e. The fraction of sp³-hybridized carbons (Fsp3) is 0.600. The molecule has 0 aromatic heterocycles. The van der Waals surface area contributed by atoms with E-state index in [9.17, 15) is 8.42 Å². The number of hydrogen-bond acceptors (Lipinski definition) is 4. The minimum Gasteiger partial charge on any atom is -0.371 e. The van der Waals surface area contributed by atoms with Gasteiger partial charge >= 0.3 is 0 Å². The maximum absolute atomic E-state index is 11.8. The Bertz CT molecular complexity index is 495. The Morgan fingerprint density at radius 1 is 1.20 bits per heavy atom. The number of sulfone groups is 1. The van der Waals surface area contributed by atoms with Gasteiger partial charge in [-0.05, 0) is 43.1 Å². The topological polar surface area (TPSA) is 63.4 Å². The molecule has 0 aliphatic carbocycles. The maximum Gasteiger partial charge on any atom is 0.178 e. The molecule has 114 valence electrons. The van der Waals surface area contributed by atoms with E-state index >= 15 is 0 Å². The van der Waals surface area contributed by atoms with Crippen molar-refractivity contribution in [3.8, 4) is 0 Å². The molecule has 0 amide bonds. The van der Waals surface area contributed by atoms with Crippen LogP contribution in [0.1, 0.15) is 27.2 Å². The summed E-state index contributed by atoms with van der Waals surface area (Å²) in [6.45, 7) is 8.51. The highest BCUT2D eigenvalue weighted by atomic mass is 32.2. The lowest BCUT2D eigenvalue weighted by atomic mass is 10.1. The second kappa shape index (κ2) is 7.64. The van der Waals surface area contributed by atoms with E-state index < -0.39 is 9.84 Å². The van der Waals surface area contributed by atoms with E-state index in [2.05, 4.69) is 18.7 Å². The summed E-state index contributed by atoms with van der Waals surface area (Å²) < 4.78 is 23.6. The zero-order chi connectivity index (χ0) is 15.2. The van der Waals surface area contributed by atoms with Crippen LogP contribution in [0.5, 0.6) is 0 Å². The van der Waals surface area contributed by atoms with E-state index in [1.165, 1.54) is 0 Å². The Balaban J connectivity index is 2.92. The number of benzene rings is 1. The van der Waals surface area contributed by atoms with Crippen molar-refractivity contribution in [2.24, 2.45) is 11.7 Å². The van der Waals surface area contributed by atoms with Crippen molar-refractivity contribution in [3.05, 3.63) is 24.3 Å². The van der Waals surface area contributed by atoms with Gasteiger partial charge < -0.3 is 10.6 Å². The number of nitrogens with two attached hydrogens (primary N) is 1. The quantitative estimate of drug-likeness (QED) is 0.800. The van der Waals surface area contributed by atoms with Crippen molar-refractivity contribution in [3.63, 3.8) is 0 Å². The molecule has 1 aromatic rings. The molecule has 0 bridgehead atoms. The fourth-order valence-electron chi connectivity index (χ4n) is 2.08. The zero-order valence-electron chi connectivity index (χ0n) is 12.7. The Kier molecular flexibility index (Phi) is 6.49. The largest absolute Gasteiger partial charge is 0.371 e. The summed E-state index contributed by atoms with van der Waals surface area (Å²) >= 11 is 0. The lowest BCUT2D eigenvalue weighted by molar-refractivity contribution is 0.596. The van der Waals surface area contributed by atoms with Gasteiger partial charge in [-0.2, -0.15) is 0 Å². The number of anilines is 1. The molecule has 0 spiro atoms. The van der Waals surface area contributed by atoms with Crippen molar-refractivity contribution in [2.45, 2.75) is 32.1 Å². The van der Waals surface area contributed by atoms with Crippen LogP contribution in [0, 0.1) is 5.92 Å². The van der Waals surface area contributed by atoms with E-state index in [4.69, 9.17) is 5.73 Å². The first-order valence-corrected chi connectivity index (χ1v) is 8.83. The molecule has 0 aliphatic rings. The molecule has 1 rings (SSSR count). The molecule has 0 atom stereocenters. The molecule has 1 aromatic carbocycles. The Morgan fingerprint density at radius 3 is 2.25 bits per heavy atom. The van der Waals surface area contributed by atoms with Crippen LogP contribution in [-0.4, -0.2) is 33.8 Å². The van der Waals surface area contributed by atoms with Gasteiger partial charge in [-0.1, -0.05) is 20.8 Å². The summed E-state index contributed by atoms with van der Waals surface area (Å²) in [6, 6.07) is 7.18. The van der Waals surface area contributed by atoms with Gasteiger partial charge in [0.25, 0.3) is 0 Å². The molecule has 0 aliphatic heterocycles. The molecule has 5 heteroatoms. The average molecular weight is 298 g/mol. The summed E-state index contributed by atoms with van der Waals surface area (Å²) in [5.74, 6) is 0.682. The van der Waals surface area contributed by atoms with E-state index in [0.29, 0.717) is 17.4 Å². The molecule has 4 nitrogen and oxygen atoms in total. The van der Waals surface area contributed by atoms with Crippen LogP contribution in [0.3, 0.4) is 0 Å². The normalized spacial score (nSPS) is 11.8. The van der Waals surface area contributed by atoms with Gasteiger partial charge in [-0.25, -0.2) is 8.42 Å². The van der Waals surface area contributed by atoms with Crippen molar-refractivity contribution in [1.29, 1.82) is 0 Å². The van der Waals surface area contributed by atoms with Gasteiger partial charge in [0.15, 0.2) is 9.84 Å². The van der Waals surface area contributed by atoms with E-state index in [1.54, 1.807) is 19.1 Å². The molecule has 2 N–H and O–H groups in total. The molecular weight excluding hydrogens is 272 g/mol. The van der Waals surface area contributed by atoms with Gasteiger partial charge in [0, 0.05) is 18.8 Å². The van der Waals surface area contributed by atoms with E-state index in [1.807, 2.05) is 12.1 Å². The monoisotopic (exact) mass is 298 g/mol. The maximum atomic E-state index is 11.8. The molecular formula is C15H26N2O2S. The van der Waals surface area contributed by atoms with Crippen LogP contribution < -0.4 is 10.6 Å². The highest BCUT2D eigenvalue weighted by molar-refractivity contribution is 7.91. The molecule has 0 fully saturated rings. The average Bonchev–Trinajstić information content (AvgIpc) is 2.43. The molecule has 0 saturated heterocycles. The Morgan fingerprint density at radius 2 is 1.80 bits per heavy atom. The third-order valence-electron chi connectivity index (χ3n) is 3.16. The first kappa shape index (κ1) is 17.0. The van der Waals surface area contributed by atoms with Gasteiger partial charge in [0.05, 0.1) is 10.6 Å². The Hall–Kier alpha value is -1.07. The highest BCUT2D eigenvalue weighted by Gasteiger charge is 2.13. The molecule has 0 heterocycles. The SMILES string of the molecule is CCS(=O)(=O)c1ccc(N(CCCN)CC(C)C)cc1. The summed E-state index contributed by atoms with van der Waals surface area (Å²) in [5, 5.41) is 0. The van der Waals surface area contributed by atoms with Crippen LogP contribution in [0.2, 0.25) is 0 Å². The number of hydrogen-bond donors (Lipinski definition) is 1. The number of nitrogens with zero attached hydrogens (tertiary/aromatic N) is 1. The lowest BCUT2D eigenvalue weighted by Crippen LogP contribution is -2.29. The Labute approximate surface area is 122 Å². The van der Waals surface area contributed by atoms with Gasteiger partial charge in [-0.15, -0.1) is 0 Å². The predicted octanol–water partition coefficient (Wildman–Crippen LogP) is 2.29. The third kappa shape index (κ3) is 4.80. The first-order valence-electron chi connectivity index (χ1n) is 7.18. The third-order valence-corrected chi connectivity index (χ3v) is 4.91. The fourth-order valence-corrected chi connectivity index (χ4v) is 2.96. The highest BCUT2D eigenvalue weighted by Crippen LogP contribution is 2.20. The standard InChI is InChI=1S/C15H26N2O2S/c1-4-20(18,19)15-8-6-14(7-9-15)17(11-5-10-16)12-13(2)3/h6-9,13H,4-5,10-12,16H2,1-3H3. The predicted molar refractivity (Wildman–Crippen MR) is 84.9 cm³/mol. The second-order valence-electron chi connectivity index (χ2n) is 5.38. The van der Waals surface area contributed by atoms with Gasteiger partial charge in [0.2, 0.25) is 0 Å². The minimum atomic E-state index is -3.12. The molecule has 0 saturated carbocycles. The van der Waals surface area contributed by atoms with Crippen molar-refractivity contribution in [1.82, 2.24) is 0 Å². The summed E-state index contributed by atoms with van der Waals surface area (Å²) in [5.41, 5.74) is 6.64. The molecule has 0 radical (unpaired) electrons. The van der Waals surface area contributed by atoms with E-state index in [0.717, 1.165) is 25.2 Å². The van der Waals surface area contributed by atoms with Crippen LogP contribution in [0.15, 0.2) is 29.2 Å². The first-order chi connectivity index (χ1) is 9.40. The van der Waals surface area contributed by atoms with Gasteiger partial charge in [-0.3, -0.25) is 0 Å². The van der Waals surface area contributed by atoms with Crippen LogP contribution >= 0.6 is 0 Å². The molecule has 0 unspecified atom stereocenters. The summed E-state index contributed by atoms with van der Waals surface area (Å²) in [7, 11) is -3.12. The van der Waals surface area contributed by atoms with Crippen LogP contribution in [-0.2, 0) is 9.84 Å². The van der Waals surface area contributed by atoms with Crippen molar-refractivity contribution in [2.75, 3.05) is 30.3 Å². The number of rotatable bonds is 8. The minimum absolute atomic E-state index is 0.134.